The van der Waals surface area contributed by atoms with Gasteiger partial charge in [-0.1, -0.05) is 35.9 Å². The summed E-state index contributed by atoms with van der Waals surface area (Å²) in [6.07, 6.45) is 2.51. The third-order valence-corrected chi connectivity index (χ3v) is 5.74. The lowest BCUT2D eigenvalue weighted by molar-refractivity contribution is -0.121. The van der Waals surface area contributed by atoms with Gasteiger partial charge >= 0.3 is 0 Å². The molecular formula is C20H25ClN2O4S. The maximum Gasteiger partial charge on any atom is 0.243 e. The third kappa shape index (κ3) is 5.87. The van der Waals surface area contributed by atoms with Crippen molar-refractivity contribution < 1.29 is 17.9 Å². The Labute approximate surface area is 171 Å². The van der Waals surface area contributed by atoms with Crippen molar-refractivity contribution in [3.63, 3.8) is 0 Å². The van der Waals surface area contributed by atoms with Crippen LogP contribution in [0.4, 0.5) is 5.69 Å². The zero-order chi connectivity index (χ0) is 20.7. The van der Waals surface area contributed by atoms with Gasteiger partial charge in [0.2, 0.25) is 15.9 Å². The predicted octanol–water partition coefficient (Wildman–Crippen LogP) is 3.25. The van der Waals surface area contributed by atoms with Gasteiger partial charge in [-0.3, -0.25) is 9.10 Å². The van der Waals surface area contributed by atoms with E-state index < -0.39 is 16.1 Å². The highest BCUT2D eigenvalue weighted by molar-refractivity contribution is 7.92. The van der Waals surface area contributed by atoms with E-state index in [1.54, 1.807) is 32.2 Å². The molecule has 2 aromatic carbocycles. The number of aryl methyl sites for hydroxylation is 1. The molecule has 0 spiro atoms. The quantitative estimate of drug-likeness (QED) is 0.627. The fourth-order valence-electron chi connectivity index (χ4n) is 2.97. The number of nitrogens with one attached hydrogen (secondary N) is 1. The fraction of sp³-hybridized carbons (Fsp3) is 0.350. The van der Waals surface area contributed by atoms with Crippen LogP contribution < -0.4 is 14.4 Å². The van der Waals surface area contributed by atoms with Crippen LogP contribution in [0.2, 0.25) is 5.02 Å². The van der Waals surface area contributed by atoms with Gasteiger partial charge in [0, 0.05) is 11.6 Å². The van der Waals surface area contributed by atoms with E-state index in [9.17, 15) is 13.2 Å². The number of rotatable bonds is 9. The molecule has 152 valence electrons. The van der Waals surface area contributed by atoms with Crippen molar-refractivity contribution in [2.24, 2.45) is 0 Å². The summed E-state index contributed by atoms with van der Waals surface area (Å²) in [6.45, 7) is 1.98. The topological polar surface area (TPSA) is 75.7 Å². The molecule has 0 aromatic heterocycles. The summed E-state index contributed by atoms with van der Waals surface area (Å²) in [5.41, 5.74) is 1.41. The normalized spacial score (nSPS) is 12.3. The number of nitrogens with zero attached hydrogens (tertiary/aromatic N) is 1. The van der Waals surface area contributed by atoms with Crippen LogP contribution in [0.15, 0.2) is 48.5 Å². The molecule has 0 aliphatic carbocycles. The average molecular weight is 425 g/mol. The summed E-state index contributed by atoms with van der Waals surface area (Å²) in [5, 5.41) is 3.21. The summed E-state index contributed by atoms with van der Waals surface area (Å²) in [6, 6.07) is 13.2. The molecule has 0 aliphatic heterocycles. The third-order valence-electron chi connectivity index (χ3n) is 4.27. The first-order valence-electron chi connectivity index (χ1n) is 8.88. The van der Waals surface area contributed by atoms with Gasteiger partial charge in [-0.05, 0) is 49.6 Å². The first kappa shape index (κ1) is 22.0. The first-order valence-corrected chi connectivity index (χ1v) is 11.1. The molecule has 1 N–H and O–H groups in total. The Morgan fingerprint density at radius 3 is 2.57 bits per heavy atom. The Morgan fingerprint density at radius 1 is 1.21 bits per heavy atom. The van der Waals surface area contributed by atoms with Gasteiger partial charge in [0.05, 0.1) is 19.1 Å². The minimum atomic E-state index is -3.66. The van der Waals surface area contributed by atoms with Crippen LogP contribution in [0.1, 0.15) is 18.9 Å². The number of methoxy groups -OCH3 is 1. The SMILES string of the molecule is COc1ccccc1CCCNC(=O)[C@H](C)N(c1cccc(Cl)c1)S(C)(=O)=O. The second-order valence-corrected chi connectivity index (χ2v) is 8.72. The van der Waals surface area contributed by atoms with E-state index in [0.29, 0.717) is 23.7 Å². The van der Waals surface area contributed by atoms with E-state index in [1.165, 1.54) is 6.07 Å². The first-order chi connectivity index (χ1) is 13.2. The van der Waals surface area contributed by atoms with Crippen molar-refractivity contribution in [3.8, 4) is 5.75 Å². The highest BCUT2D eigenvalue weighted by Crippen LogP contribution is 2.24. The van der Waals surface area contributed by atoms with Crippen LogP contribution in [0.3, 0.4) is 0 Å². The minimum absolute atomic E-state index is 0.353. The van der Waals surface area contributed by atoms with Crippen molar-refractivity contribution >= 4 is 33.2 Å². The van der Waals surface area contributed by atoms with Crippen LogP contribution in [0.25, 0.3) is 0 Å². The molecule has 0 fully saturated rings. The monoisotopic (exact) mass is 424 g/mol. The molecule has 0 heterocycles. The molecule has 2 rings (SSSR count). The van der Waals surface area contributed by atoms with Gasteiger partial charge in [-0.15, -0.1) is 0 Å². The van der Waals surface area contributed by atoms with Crippen LogP contribution >= 0.6 is 11.6 Å². The molecule has 0 saturated heterocycles. The van der Waals surface area contributed by atoms with Gasteiger partial charge in [0.1, 0.15) is 11.8 Å². The van der Waals surface area contributed by atoms with Crippen molar-refractivity contribution in [2.75, 3.05) is 24.2 Å². The number of carbonyl (C=O) groups excluding carboxylic acids is 1. The Hall–Kier alpha value is -2.25. The van der Waals surface area contributed by atoms with Crippen molar-refractivity contribution in [2.45, 2.75) is 25.8 Å². The number of amides is 1. The molecule has 8 heteroatoms. The molecule has 0 unspecified atom stereocenters. The maximum atomic E-state index is 12.5. The van der Waals surface area contributed by atoms with Crippen LogP contribution in [0, 0.1) is 0 Å². The number of ether oxygens (including phenoxy) is 1. The molecule has 0 bridgehead atoms. The molecule has 2 aromatic rings. The summed E-state index contributed by atoms with van der Waals surface area (Å²) in [5.74, 6) is 0.442. The number of para-hydroxylation sites is 1. The Balaban J connectivity index is 1.99. The molecule has 0 saturated carbocycles. The zero-order valence-corrected chi connectivity index (χ0v) is 17.8. The second kappa shape index (κ2) is 9.80. The van der Waals surface area contributed by atoms with E-state index in [1.807, 2.05) is 24.3 Å². The van der Waals surface area contributed by atoms with Crippen LogP contribution in [-0.2, 0) is 21.2 Å². The van der Waals surface area contributed by atoms with E-state index in [2.05, 4.69) is 5.32 Å². The molecule has 1 amide bonds. The number of sulfonamides is 1. The predicted molar refractivity (Wildman–Crippen MR) is 113 cm³/mol. The minimum Gasteiger partial charge on any atom is -0.496 e. The van der Waals surface area contributed by atoms with Gasteiger partial charge in [-0.25, -0.2) is 8.42 Å². The maximum absolute atomic E-state index is 12.5. The number of hydrogen-bond acceptors (Lipinski definition) is 4. The molecule has 0 aliphatic rings. The van der Waals surface area contributed by atoms with Gasteiger partial charge in [0.25, 0.3) is 0 Å². The zero-order valence-electron chi connectivity index (χ0n) is 16.2. The van der Waals surface area contributed by atoms with Gasteiger partial charge < -0.3 is 10.1 Å². The molecule has 28 heavy (non-hydrogen) atoms. The van der Waals surface area contributed by atoms with E-state index in [0.717, 1.165) is 28.3 Å². The van der Waals surface area contributed by atoms with Crippen LogP contribution in [-0.4, -0.2) is 40.3 Å². The Bertz CT molecular complexity index is 918. The lowest BCUT2D eigenvalue weighted by Crippen LogP contribution is -2.48. The lowest BCUT2D eigenvalue weighted by Gasteiger charge is -2.28. The van der Waals surface area contributed by atoms with E-state index >= 15 is 0 Å². The highest BCUT2D eigenvalue weighted by atomic mass is 35.5. The molecule has 1 atom stereocenters. The molecule has 6 nitrogen and oxygen atoms in total. The summed E-state index contributed by atoms with van der Waals surface area (Å²) < 4.78 is 30.9. The van der Waals surface area contributed by atoms with Gasteiger partial charge in [0.15, 0.2) is 0 Å². The second-order valence-electron chi connectivity index (χ2n) is 6.42. The van der Waals surface area contributed by atoms with Gasteiger partial charge in [-0.2, -0.15) is 0 Å². The van der Waals surface area contributed by atoms with E-state index in [4.69, 9.17) is 16.3 Å². The standard InChI is InChI=1S/C20H25ClN2O4S/c1-15(23(28(3,25)26)18-11-6-10-17(21)14-18)20(24)22-13-7-9-16-8-4-5-12-19(16)27-2/h4-6,8,10-12,14-15H,7,9,13H2,1-3H3,(H,22,24)/t15-/m0/s1. The van der Waals surface area contributed by atoms with E-state index in [-0.39, 0.29) is 5.91 Å². The Kier molecular flexibility index (Phi) is 7.71. The highest BCUT2D eigenvalue weighted by Gasteiger charge is 2.29. The summed E-state index contributed by atoms with van der Waals surface area (Å²) in [7, 11) is -2.04. The Morgan fingerprint density at radius 2 is 1.93 bits per heavy atom. The average Bonchev–Trinajstić information content (AvgIpc) is 2.64. The fourth-order valence-corrected chi connectivity index (χ4v) is 4.32. The van der Waals surface area contributed by atoms with Crippen molar-refractivity contribution in [3.05, 3.63) is 59.1 Å². The molecular weight excluding hydrogens is 400 g/mol. The smallest absolute Gasteiger partial charge is 0.243 e. The summed E-state index contributed by atoms with van der Waals surface area (Å²) >= 11 is 5.98. The number of hydrogen-bond donors (Lipinski definition) is 1. The van der Waals surface area contributed by atoms with Crippen molar-refractivity contribution in [1.82, 2.24) is 5.32 Å². The molecule has 0 radical (unpaired) electrons. The van der Waals surface area contributed by atoms with Crippen molar-refractivity contribution in [1.29, 1.82) is 0 Å². The largest absolute Gasteiger partial charge is 0.496 e. The van der Waals surface area contributed by atoms with Crippen LogP contribution in [0.5, 0.6) is 5.75 Å². The number of carbonyl (C=O) groups is 1. The number of benzene rings is 2. The summed E-state index contributed by atoms with van der Waals surface area (Å²) in [4.78, 5) is 12.5. The lowest BCUT2D eigenvalue weighted by atomic mass is 10.1. The number of halogens is 1. The number of anilines is 1.